The van der Waals surface area contributed by atoms with E-state index in [-0.39, 0.29) is 17.4 Å². The lowest BCUT2D eigenvalue weighted by Crippen LogP contribution is -2.51. The van der Waals surface area contributed by atoms with Gasteiger partial charge in [-0.3, -0.25) is 0 Å². The van der Waals surface area contributed by atoms with Gasteiger partial charge in [0.25, 0.3) is 0 Å². The molecular weight excluding hydrogens is 192 g/mol. The minimum absolute atomic E-state index is 0.00447. The first-order chi connectivity index (χ1) is 6.86. The van der Waals surface area contributed by atoms with Gasteiger partial charge < -0.3 is 10.0 Å². The summed E-state index contributed by atoms with van der Waals surface area (Å²) in [5, 5.41) is 18.0. The average molecular weight is 210 g/mol. The Balaban J connectivity index is 2.84. The van der Waals surface area contributed by atoms with Crippen LogP contribution in [0.1, 0.15) is 33.6 Å². The van der Waals surface area contributed by atoms with Gasteiger partial charge in [0.2, 0.25) is 0 Å². The van der Waals surface area contributed by atoms with Crippen LogP contribution in [0.3, 0.4) is 0 Å². The van der Waals surface area contributed by atoms with Crippen LogP contribution in [0.25, 0.3) is 0 Å². The second-order valence-electron chi connectivity index (χ2n) is 5.21. The van der Waals surface area contributed by atoms with Crippen molar-refractivity contribution in [2.45, 2.75) is 39.7 Å². The highest BCUT2D eigenvalue weighted by molar-refractivity contribution is 5.65. The summed E-state index contributed by atoms with van der Waals surface area (Å²) < 4.78 is 0. The summed E-state index contributed by atoms with van der Waals surface area (Å²) in [5.74, 6) is 0.00447. The summed E-state index contributed by atoms with van der Waals surface area (Å²) in [4.78, 5) is 12.5. The lowest BCUT2D eigenvalue weighted by atomic mass is 9.77. The van der Waals surface area contributed by atoms with Crippen molar-refractivity contribution in [3.05, 3.63) is 0 Å². The van der Waals surface area contributed by atoms with E-state index in [0.717, 1.165) is 0 Å². The molecule has 0 aromatic carbocycles. The molecule has 0 aromatic rings. The van der Waals surface area contributed by atoms with Crippen LogP contribution in [0.2, 0.25) is 0 Å². The van der Waals surface area contributed by atoms with Gasteiger partial charge in [-0.2, -0.15) is 5.26 Å². The van der Waals surface area contributed by atoms with Crippen molar-refractivity contribution in [2.75, 3.05) is 6.54 Å². The summed E-state index contributed by atoms with van der Waals surface area (Å²) in [6, 6.07) is 2.20. The highest BCUT2D eigenvalue weighted by Gasteiger charge is 2.38. The van der Waals surface area contributed by atoms with E-state index in [2.05, 4.69) is 6.07 Å². The van der Waals surface area contributed by atoms with Crippen LogP contribution in [-0.4, -0.2) is 28.7 Å². The van der Waals surface area contributed by atoms with Crippen LogP contribution in [-0.2, 0) is 0 Å². The van der Waals surface area contributed by atoms with Crippen molar-refractivity contribution in [1.82, 2.24) is 4.90 Å². The predicted octanol–water partition coefficient (Wildman–Crippen LogP) is 2.31. The largest absolute Gasteiger partial charge is 0.465 e. The van der Waals surface area contributed by atoms with Gasteiger partial charge in [0.15, 0.2) is 0 Å². The number of nitrogens with zero attached hydrogens (tertiary/aromatic N) is 2. The zero-order chi connectivity index (χ0) is 11.6. The Morgan fingerprint density at radius 3 is 2.53 bits per heavy atom. The summed E-state index contributed by atoms with van der Waals surface area (Å²) >= 11 is 0. The van der Waals surface area contributed by atoms with Gasteiger partial charge >= 0.3 is 6.09 Å². The Hall–Kier alpha value is -1.24. The highest BCUT2D eigenvalue weighted by atomic mass is 16.4. The maximum absolute atomic E-state index is 11.0. The number of rotatable bonds is 0. The molecule has 0 bridgehead atoms. The number of piperidine rings is 1. The molecule has 0 aromatic heterocycles. The second kappa shape index (κ2) is 4.09. The normalized spacial score (nSPS) is 27.2. The topological polar surface area (TPSA) is 64.3 Å². The molecule has 1 aliphatic heterocycles. The van der Waals surface area contributed by atoms with Crippen molar-refractivity contribution in [2.24, 2.45) is 11.3 Å². The molecule has 1 heterocycles. The van der Waals surface area contributed by atoms with Crippen molar-refractivity contribution in [3.63, 3.8) is 0 Å². The number of carboxylic acid groups (broad SMARTS) is 1. The van der Waals surface area contributed by atoms with E-state index in [4.69, 9.17) is 10.4 Å². The van der Waals surface area contributed by atoms with Crippen LogP contribution in [0.4, 0.5) is 4.79 Å². The van der Waals surface area contributed by atoms with Gasteiger partial charge in [0.1, 0.15) is 0 Å². The van der Waals surface area contributed by atoms with Crippen molar-refractivity contribution in [3.8, 4) is 6.07 Å². The Morgan fingerprint density at radius 1 is 1.53 bits per heavy atom. The molecule has 15 heavy (non-hydrogen) atoms. The van der Waals surface area contributed by atoms with Gasteiger partial charge in [-0.15, -0.1) is 0 Å². The van der Waals surface area contributed by atoms with E-state index in [1.807, 2.05) is 20.8 Å². The van der Waals surface area contributed by atoms with E-state index < -0.39 is 6.09 Å². The summed E-state index contributed by atoms with van der Waals surface area (Å²) in [5.41, 5.74) is -0.103. The second-order valence-corrected chi connectivity index (χ2v) is 5.21. The molecule has 2 unspecified atom stereocenters. The van der Waals surface area contributed by atoms with Crippen LogP contribution >= 0.6 is 0 Å². The third kappa shape index (κ3) is 2.62. The Labute approximate surface area is 90.5 Å². The molecular formula is C11H18N2O2. The van der Waals surface area contributed by atoms with Crippen molar-refractivity contribution < 1.29 is 9.90 Å². The third-order valence-corrected chi connectivity index (χ3v) is 3.03. The predicted molar refractivity (Wildman–Crippen MR) is 56.3 cm³/mol. The lowest BCUT2D eigenvalue weighted by molar-refractivity contribution is 0.0493. The van der Waals surface area contributed by atoms with Gasteiger partial charge in [0.05, 0.1) is 6.07 Å². The SMILES string of the molecule is CC(C)(C)C1CC(C#N)CCN1C(=O)O. The summed E-state index contributed by atoms with van der Waals surface area (Å²) in [6.45, 7) is 6.55. The number of carbonyl (C=O) groups is 1. The van der Waals surface area contributed by atoms with Crippen LogP contribution < -0.4 is 0 Å². The minimum Gasteiger partial charge on any atom is -0.465 e. The standard InChI is InChI=1S/C11H18N2O2/c1-11(2,3)9-6-8(7-12)4-5-13(9)10(14)15/h8-9H,4-6H2,1-3H3,(H,14,15). The van der Waals surface area contributed by atoms with Gasteiger partial charge in [-0.1, -0.05) is 20.8 Å². The molecule has 1 N–H and O–H groups in total. The molecule has 1 aliphatic rings. The Bertz CT molecular complexity index is 288. The molecule has 1 rings (SSSR count). The van der Waals surface area contributed by atoms with E-state index in [0.29, 0.717) is 19.4 Å². The molecule has 4 heteroatoms. The minimum atomic E-state index is -0.869. The first-order valence-corrected chi connectivity index (χ1v) is 5.25. The van der Waals surface area contributed by atoms with Crippen molar-refractivity contribution in [1.29, 1.82) is 5.26 Å². The third-order valence-electron chi connectivity index (χ3n) is 3.03. The highest BCUT2D eigenvalue weighted by Crippen LogP contribution is 2.34. The number of likely N-dealkylation sites (tertiary alicyclic amines) is 1. The van der Waals surface area contributed by atoms with E-state index in [1.54, 1.807) is 0 Å². The fourth-order valence-corrected chi connectivity index (χ4v) is 2.13. The summed E-state index contributed by atoms with van der Waals surface area (Å²) in [7, 11) is 0. The number of hydrogen-bond donors (Lipinski definition) is 1. The fourth-order valence-electron chi connectivity index (χ4n) is 2.13. The molecule has 0 saturated carbocycles. The maximum Gasteiger partial charge on any atom is 0.407 e. The molecule has 1 amide bonds. The molecule has 1 fully saturated rings. The number of amides is 1. The van der Waals surface area contributed by atoms with Crippen molar-refractivity contribution >= 4 is 6.09 Å². The summed E-state index contributed by atoms with van der Waals surface area (Å²) in [6.07, 6.45) is 0.452. The Kier molecular flexibility index (Phi) is 3.23. The first kappa shape index (κ1) is 11.8. The smallest absolute Gasteiger partial charge is 0.407 e. The fraction of sp³-hybridized carbons (Fsp3) is 0.818. The molecule has 1 saturated heterocycles. The quantitative estimate of drug-likeness (QED) is 0.667. The van der Waals surface area contributed by atoms with E-state index in [1.165, 1.54) is 4.90 Å². The van der Waals surface area contributed by atoms with E-state index in [9.17, 15) is 4.79 Å². The molecule has 0 spiro atoms. The van der Waals surface area contributed by atoms with Gasteiger partial charge in [-0.05, 0) is 18.3 Å². The van der Waals surface area contributed by atoms with Gasteiger partial charge in [0, 0.05) is 18.5 Å². The van der Waals surface area contributed by atoms with Crippen LogP contribution in [0.5, 0.6) is 0 Å². The number of nitriles is 1. The van der Waals surface area contributed by atoms with E-state index >= 15 is 0 Å². The molecule has 0 radical (unpaired) electrons. The zero-order valence-electron chi connectivity index (χ0n) is 9.53. The first-order valence-electron chi connectivity index (χ1n) is 5.25. The van der Waals surface area contributed by atoms with Gasteiger partial charge in [-0.25, -0.2) is 4.79 Å². The van der Waals surface area contributed by atoms with Crippen LogP contribution in [0, 0.1) is 22.7 Å². The monoisotopic (exact) mass is 210 g/mol. The maximum atomic E-state index is 11.0. The van der Waals surface area contributed by atoms with Crippen LogP contribution in [0.15, 0.2) is 0 Å². The lowest BCUT2D eigenvalue weighted by Gasteiger charge is -2.43. The molecule has 4 nitrogen and oxygen atoms in total. The average Bonchev–Trinajstić information content (AvgIpc) is 2.15. The zero-order valence-corrected chi connectivity index (χ0v) is 9.53. The molecule has 0 aliphatic carbocycles. The Morgan fingerprint density at radius 2 is 2.13 bits per heavy atom. The number of hydrogen-bond acceptors (Lipinski definition) is 2. The molecule has 84 valence electrons. The molecule has 2 atom stereocenters.